The molecule has 6 heteroatoms. The van der Waals surface area contributed by atoms with Crippen LogP contribution in [-0.2, 0) is 4.74 Å². The molecular formula is C8H12ClN3OS. The van der Waals surface area contributed by atoms with Crippen LogP contribution in [-0.4, -0.2) is 35.1 Å². The largest absolute Gasteiger partial charge is 0.376 e. The number of likely N-dealkylation sites (N-methyl/N-ethyl adjacent to an activating group) is 1. The van der Waals surface area contributed by atoms with Crippen molar-refractivity contribution in [2.75, 3.05) is 25.1 Å². The first-order chi connectivity index (χ1) is 6.77. The molecule has 1 aliphatic rings. The second-order valence-corrected chi connectivity index (χ2v) is 4.28. The van der Waals surface area contributed by atoms with E-state index in [1.807, 2.05) is 11.9 Å². The molecule has 0 aliphatic carbocycles. The number of hydrogen-bond donors (Lipinski definition) is 0. The molecule has 78 valence electrons. The van der Waals surface area contributed by atoms with Crippen molar-refractivity contribution >= 4 is 29.1 Å². The molecule has 4 nitrogen and oxygen atoms in total. The summed E-state index contributed by atoms with van der Waals surface area (Å²) >= 11 is 7.01. The van der Waals surface area contributed by atoms with Crippen molar-refractivity contribution in [3.8, 4) is 0 Å². The van der Waals surface area contributed by atoms with E-state index in [1.165, 1.54) is 0 Å². The molecule has 0 saturated carbocycles. The third-order valence-electron chi connectivity index (χ3n) is 2.30. The standard InChI is InChI=1S/C8H12ClN3OS/c1-12(5-6-3-2-4-13-6)8-7(9)10-14-11-8/h6H,2-5H2,1H3. The van der Waals surface area contributed by atoms with Gasteiger partial charge in [0.15, 0.2) is 11.0 Å². The van der Waals surface area contributed by atoms with Gasteiger partial charge in [0, 0.05) is 20.2 Å². The van der Waals surface area contributed by atoms with Crippen LogP contribution in [0.2, 0.25) is 5.15 Å². The summed E-state index contributed by atoms with van der Waals surface area (Å²) < 4.78 is 13.6. The van der Waals surface area contributed by atoms with E-state index in [9.17, 15) is 0 Å². The van der Waals surface area contributed by atoms with Crippen LogP contribution in [0.1, 0.15) is 12.8 Å². The van der Waals surface area contributed by atoms with Gasteiger partial charge in [0.25, 0.3) is 0 Å². The first kappa shape index (κ1) is 10.1. The monoisotopic (exact) mass is 233 g/mol. The molecule has 2 heterocycles. The van der Waals surface area contributed by atoms with E-state index in [4.69, 9.17) is 16.3 Å². The molecule has 0 radical (unpaired) electrons. The number of aromatic nitrogens is 2. The minimum absolute atomic E-state index is 0.317. The lowest BCUT2D eigenvalue weighted by Crippen LogP contribution is -2.28. The van der Waals surface area contributed by atoms with Crippen molar-refractivity contribution in [1.82, 2.24) is 8.75 Å². The molecule has 2 rings (SSSR count). The van der Waals surface area contributed by atoms with Crippen molar-refractivity contribution < 1.29 is 4.74 Å². The summed E-state index contributed by atoms with van der Waals surface area (Å²) in [4.78, 5) is 2.00. The summed E-state index contributed by atoms with van der Waals surface area (Å²) in [6.07, 6.45) is 2.60. The lowest BCUT2D eigenvalue weighted by molar-refractivity contribution is 0.116. The Bertz CT molecular complexity index is 301. The van der Waals surface area contributed by atoms with Crippen LogP contribution in [0.15, 0.2) is 0 Å². The van der Waals surface area contributed by atoms with Crippen molar-refractivity contribution in [1.29, 1.82) is 0 Å². The lowest BCUT2D eigenvalue weighted by atomic mass is 10.2. The molecule has 14 heavy (non-hydrogen) atoms. The number of anilines is 1. The van der Waals surface area contributed by atoms with Gasteiger partial charge in [-0.3, -0.25) is 0 Å². The summed E-state index contributed by atoms with van der Waals surface area (Å²) in [5.41, 5.74) is 0. The highest BCUT2D eigenvalue weighted by Crippen LogP contribution is 2.23. The Morgan fingerprint density at radius 2 is 2.50 bits per heavy atom. The van der Waals surface area contributed by atoms with Crippen LogP contribution in [0.3, 0.4) is 0 Å². The van der Waals surface area contributed by atoms with E-state index in [0.717, 1.165) is 43.5 Å². The molecule has 1 unspecified atom stereocenters. The Hall–Kier alpha value is -0.390. The van der Waals surface area contributed by atoms with Crippen LogP contribution >= 0.6 is 23.3 Å². The van der Waals surface area contributed by atoms with Gasteiger partial charge in [-0.15, -0.1) is 0 Å². The van der Waals surface area contributed by atoms with Crippen molar-refractivity contribution in [2.24, 2.45) is 0 Å². The Morgan fingerprint density at radius 3 is 3.07 bits per heavy atom. The number of nitrogens with zero attached hydrogens (tertiary/aromatic N) is 3. The van der Waals surface area contributed by atoms with Gasteiger partial charge in [0.05, 0.1) is 17.8 Å². The van der Waals surface area contributed by atoms with Crippen LogP contribution < -0.4 is 4.90 Å². The fraction of sp³-hybridized carbons (Fsp3) is 0.750. The van der Waals surface area contributed by atoms with Crippen molar-refractivity contribution in [3.63, 3.8) is 0 Å². The SMILES string of the molecule is CN(CC1CCCO1)c1nsnc1Cl. The van der Waals surface area contributed by atoms with Crippen molar-refractivity contribution in [3.05, 3.63) is 5.15 Å². The van der Waals surface area contributed by atoms with Gasteiger partial charge in [-0.2, -0.15) is 8.75 Å². The molecule has 0 aromatic carbocycles. The average molecular weight is 234 g/mol. The maximum atomic E-state index is 5.87. The zero-order valence-corrected chi connectivity index (χ0v) is 9.51. The summed E-state index contributed by atoms with van der Waals surface area (Å²) in [5.74, 6) is 0.757. The highest BCUT2D eigenvalue weighted by molar-refractivity contribution is 6.99. The predicted molar refractivity (Wildman–Crippen MR) is 57.2 cm³/mol. The fourth-order valence-corrected chi connectivity index (χ4v) is 2.41. The molecule has 0 N–H and O–H groups in total. The molecular weight excluding hydrogens is 222 g/mol. The predicted octanol–water partition coefficient (Wildman–Crippen LogP) is 1.81. The van der Waals surface area contributed by atoms with E-state index in [2.05, 4.69) is 8.75 Å². The maximum absolute atomic E-state index is 5.87. The van der Waals surface area contributed by atoms with Crippen LogP contribution in [0.25, 0.3) is 0 Å². The minimum atomic E-state index is 0.317. The number of rotatable bonds is 3. The van der Waals surface area contributed by atoms with Gasteiger partial charge in [-0.1, -0.05) is 11.6 Å². The van der Waals surface area contributed by atoms with Gasteiger partial charge in [0.2, 0.25) is 0 Å². The third-order valence-corrected chi connectivity index (χ3v) is 3.17. The Labute approximate surface area is 92.2 Å². The van der Waals surface area contributed by atoms with E-state index in [-0.39, 0.29) is 0 Å². The summed E-state index contributed by atoms with van der Waals surface area (Å²) in [7, 11) is 1.96. The van der Waals surface area contributed by atoms with E-state index < -0.39 is 0 Å². The average Bonchev–Trinajstić information content (AvgIpc) is 2.75. The molecule has 1 fully saturated rings. The Morgan fingerprint density at radius 1 is 1.64 bits per heavy atom. The Kier molecular flexibility index (Phi) is 3.20. The van der Waals surface area contributed by atoms with Crippen LogP contribution in [0.4, 0.5) is 5.82 Å². The highest BCUT2D eigenvalue weighted by atomic mass is 35.5. The molecule has 0 bridgehead atoms. The van der Waals surface area contributed by atoms with Gasteiger partial charge >= 0.3 is 0 Å². The van der Waals surface area contributed by atoms with Gasteiger partial charge in [0.1, 0.15) is 0 Å². The Balaban J connectivity index is 1.95. The second-order valence-electron chi connectivity index (χ2n) is 3.39. The molecule has 1 aliphatic heterocycles. The zero-order valence-electron chi connectivity index (χ0n) is 7.94. The van der Waals surface area contributed by atoms with E-state index in [0.29, 0.717) is 11.3 Å². The van der Waals surface area contributed by atoms with E-state index in [1.54, 1.807) is 0 Å². The van der Waals surface area contributed by atoms with Gasteiger partial charge in [-0.25, -0.2) is 0 Å². The first-order valence-corrected chi connectivity index (χ1v) is 5.69. The highest BCUT2D eigenvalue weighted by Gasteiger charge is 2.20. The van der Waals surface area contributed by atoms with Crippen molar-refractivity contribution in [2.45, 2.75) is 18.9 Å². The molecule has 0 spiro atoms. The summed E-state index contributed by atoms with van der Waals surface area (Å²) in [5, 5.41) is 0.482. The quantitative estimate of drug-likeness (QED) is 0.798. The molecule has 1 aromatic heterocycles. The fourth-order valence-electron chi connectivity index (χ4n) is 1.58. The maximum Gasteiger partial charge on any atom is 0.187 e. The molecule has 1 aromatic rings. The normalized spacial score (nSPS) is 21.4. The van der Waals surface area contributed by atoms with E-state index >= 15 is 0 Å². The lowest BCUT2D eigenvalue weighted by Gasteiger charge is -2.19. The summed E-state index contributed by atoms with van der Waals surface area (Å²) in [6, 6.07) is 0. The molecule has 1 atom stereocenters. The molecule has 0 amide bonds. The summed E-state index contributed by atoms with van der Waals surface area (Å²) in [6.45, 7) is 1.71. The number of hydrogen-bond acceptors (Lipinski definition) is 5. The zero-order chi connectivity index (χ0) is 9.97. The van der Waals surface area contributed by atoms with Crippen LogP contribution in [0, 0.1) is 0 Å². The minimum Gasteiger partial charge on any atom is -0.376 e. The first-order valence-electron chi connectivity index (χ1n) is 4.58. The van der Waals surface area contributed by atoms with Gasteiger partial charge < -0.3 is 9.64 Å². The second kappa shape index (κ2) is 4.42. The smallest absolute Gasteiger partial charge is 0.187 e. The molecule has 1 saturated heterocycles. The number of ether oxygens (including phenoxy) is 1. The third kappa shape index (κ3) is 2.16. The van der Waals surface area contributed by atoms with Crippen LogP contribution in [0.5, 0.6) is 0 Å². The van der Waals surface area contributed by atoms with Gasteiger partial charge in [-0.05, 0) is 12.8 Å². The topological polar surface area (TPSA) is 38.2 Å². The number of halogens is 1.